The molecule has 1 aromatic heterocycles. The molecule has 3 nitrogen and oxygen atoms in total. The summed E-state index contributed by atoms with van der Waals surface area (Å²) >= 11 is 6.31. The summed E-state index contributed by atoms with van der Waals surface area (Å²) in [5.41, 5.74) is 0. The Morgan fingerprint density at radius 2 is 2.11 bits per heavy atom. The van der Waals surface area contributed by atoms with Crippen molar-refractivity contribution in [3.63, 3.8) is 0 Å². The summed E-state index contributed by atoms with van der Waals surface area (Å²) in [6, 6.07) is 3.49. The van der Waals surface area contributed by atoms with Crippen LogP contribution in [0.4, 0.5) is 0 Å². The van der Waals surface area contributed by atoms with Crippen LogP contribution in [0.2, 0.25) is 0 Å². The van der Waals surface area contributed by atoms with Gasteiger partial charge in [-0.3, -0.25) is 0 Å². The first-order valence-electron chi connectivity index (χ1n) is 5.83. The number of nitrogens with one attached hydrogen (secondary N) is 1. The molecule has 1 fully saturated rings. The molecule has 1 heterocycles. The summed E-state index contributed by atoms with van der Waals surface area (Å²) < 4.78 is 28.6. The van der Waals surface area contributed by atoms with Gasteiger partial charge in [-0.2, -0.15) is 11.8 Å². The molecule has 0 amide bonds. The van der Waals surface area contributed by atoms with Crippen molar-refractivity contribution in [1.29, 1.82) is 0 Å². The third-order valence-electron chi connectivity index (χ3n) is 3.13. The average molecular weight is 370 g/mol. The fourth-order valence-corrected chi connectivity index (χ4v) is 6.57. The van der Waals surface area contributed by atoms with Crippen molar-refractivity contribution in [2.45, 2.75) is 41.2 Å². The zero-order valence-corrected chi connectivity index (χ0v) is 14.1. The molecule has 102 valence electrons. The molecule has 0 aliphatic heterocycles. The summed E-state index contributed by atoms with van der Waals surface area (Å²) in [7, 11) is -3.36. The largest absolute Gasteiger partial charge is 0.250 e. The summed E-state index contributed by atoms with van der Waals surface area (Å²) in [6.45, 7) is 0. The summed E-state index contributed by atoms with van der Waals surface area (Å²) in [4.78, 5) is 0. The molecule has 1 saturated carbocycles. The van der Waals surface area contributed by atoms with E-state index in [0.717, 1.165) is 23.0 Å². The van der Waals surface area contributed by atoms with E-state index in [1.807, 2.05) is 0 Å². The van der Waals surface area contributed by atoms with E-state index in [1.165, 1.54) is 17.8 Å². The highest BCUT2D eigenvalue weighted by Gasteiger charge is 2.29. The first kappa shape index (κ1) is 14.8. The van der Waals surface area contributed by atoms with Crippen LogP contribution in [0.5, 0.6) is 0 Å². The zero-order valence-electron chi connectivity index (χ0n) is 10.1. The van der Waals surface area contributed by atoms with E-state index in [0.29, 0.717) is 9.46 Å². The van der Waals surface area contributed by atoms with Crippen LogP contribution in [0, 0.1) is 0 Å². The first-order valence-corrected chi connectivity index (χ1v) is 10.2. The van der Waals surface area contributed by atoms with Gasteiger partial charge in [0.15, 0.2) is 0 Å². The number of thiophene rings is 1. The average Bonchev–Trinajstić information content (AvgIpc) is 2.77. The Morgan fingerprint density at radius 1 is 1.39 bits per heavy atom. The van der Waals surface area contributed by atoms with Crippen LogP contribution in [0.3, 0.4) is 0 Å². The number of rotatable bonds is 4. The predicted molar refractivity (Wildman–Crippen MR) is 81.9 cm³/mol. The van der Waals surface area contributed by atoms with Gasteiger partial charge in [0.25, 0.3) is 0 Å². The van der Waals surface area contributed by atoms with Gasteiger partial charge in [-0.15, -0.1) is 11.3 Å². The molecule has 7 heteroatoms. The molecule has 1 aliphatic carbocycles. The molecule has 2 rings (SSSR count). The lowest BCUT2D eigenvalue weighted by molar-refractivity contribution is 0.423. The Kier molecular flexibility index (Phi) is 5.16. The predicted octanol–water partition coefficient (Wildman–Crippen LogP) is 3.46. The second kappa shape index (κ2) is 6.26. The number of hydrogen-bond acceptors (Lipinski definition) is 4. The van der Waals surface area contributed by atoms with Gasteiger partial charge in [0.2, 0.25) is 10.0 Å². The molecule has 0 saturated heterocycles. The van der Waals surface area contributed by atoms with E-state index in [4.69, 9.17) is 0 Å². The first-order chi connectivity index (χ1) is 8.53. The number of thioether (sulfide) groups is 1. The molecule has 0 spiro atoms. The Bertz CT molecular complexity index is 500. The van der Waals surface area contributed by atoms with Gasteiger partial charge in [-0.05, 0) is 47.2 Å². The standard InChI is InChI=1S/C11H16BrNO2S3/c1-16-9-5-3-2-4-8(9)13-18(14,15)11-7-6-10(12)17-11/h6-9,13H,2-5H2,1H3. The molecule has 1 aliphatic rings. The second-order valence-electron chi connectivity index (χ2n) is 4.34. The summed E-state index contributed by atoms with van der Waals surface area (Å²) in [5, 5.41) is 0.400. The Labute approximate surface area is 125 Å². The van der Waals surface area contributed by atoms with Crippen LogP contribution in [-0.4, -0.2) is 26.0 Å². The van der Waals surface area contributed by atoms with E-state index in [-0.39, 0.29) is 6.04 Å². The van der Waals surface area contributed by atoms with Crippen molar-refractivity contribution in [3.05, 3.63) is 15.9 Å². The highest BCUT2D eigenvalue weighted by atomic mass is 79.9. The van der Waals surface area contributed by atoms with Gasteiger partial charge >= 0.3 is 0 Å². The molecule has 1 N–H and O–H groups in total. The Morgan fingerprint density at radius 3 is 2.72 bits per heavy atom. The van der Waals surface area contributed by atoms with Gasteiger partial charge in [-0.25, -0.2) is 13.1 Å². The number of sulfonamides is 1. The molecular formula is C11H16BrNO2S3. The smallest absolute Gasteiger partial charge is 0.206 e. The lowest BCUT2D eigenvalue weighted by Crippen LogP contribution is -2.43. The van der Waals surface area contributed by atoms with Crippen molar-refractivity contribution < 1.29 is 8.42 Å². The molecule has 2 atom stereocenters. The lowest BCUT2D eigenvalue weighted by Gasteiger charge is -2.30. The summed E-state index contributed by atoms with van der Waals surface area (Å²) in [5.74, 6) is 0. The third-order valence-corrected chi connectivity index (χ3v) is 7.90. The molecule has 0 aromatic carbocycles. The molecule has 18 heavy (non-hydrogen) atoms. The lowest BCUT2D eigenvalue weighted by atomic mass is 9.96. The molecule has 0 radical (unpaired) electrons. The summed E-state index contributed by atoms with van der Waals surface area (Å²) in [6.07, 6.45) is 6.41. The van der Waals surface area contributed by atoms with E-state index in [9.17, 15) is 8.42 Å². The maximum atomic E-state index is 12.2. The van der Waals surface area contributed by atoms with Crippen molar-refractivity contribution in [1.82, 2.24) is 4.72 Å². The monoisotopic (exact) mass is 369 g/mol. The van der Waals surface area contributed by atoms with Gasteiger partial charge in [0.05, 0.1) is 3.79 Å². The van der Waals surface area contributed by atoms with E-state index >= 15 is 0 Å². The van der Waals surface area contributed by atoms with Crippen LogP contribution < -0.4 is 4.72 Å². The SMILES string of the molecule is CSC1CCCCC1NS(=O)(=O)c1ccc(Br)s1. The van der Waals surface area contributed by atoms with Crippen LogP contribution in [0.1, 0.15) is 25.7 Å². The van der Waals surface area contributed by atoms with Crippen molar-refractivity contribution in [3.8, 4) is 0 Å². The Balaban J connectivity index is 2.12. The fourth-order valence-electron chi connectivity index (χ4n) is 2.21. The highest BCUT2D eigenvalue weighted by molar-refractivity contribution is 9.11. The minimum absolute atomic E-state index is 0.0691. The van der Waals surface area contributed by atoms with Gasteiger partial charge in [-0.1, -0.05) is 12.8 Å². The van der Waals surface area contributed by atoms with Crippen LogP contribution in [-0.2, 0) is 10.0 Å². The normalized spacial score (nSPS) is 25.2. The highest BCUT2D eigenvalue weighted by Crippen LogP contribution is 2.30. The second-order valence-corrected chi connectivity index (χ2v) is 9.83. The number of halogens is 1. The van der Waals surface area contributed by atoms with Crippen LogP contribution in [0.25, 0.3) is 0 Å². The fraction of sp³-hybridized carbons (Fsp3) is 0.636. The topological polar surface area (TPSA) is 46.2 Å². The van der Waals surface area contributed by atoms with Crippen molar-refractivity contribution in [2.24, 2.45) is 0 Å². The van der Waals surface area contributed by atoms with E-state index < -0.39 is 10.0 Å². The van der Waals surface area contributed by atoms with Gasteiger partial charge in [0.1, 0.15) is 4.21 Å². The Hall–Kier alpha value is 0.440. The maximum absolute atomic E-state index is 12.2. The molecule has 0 bridgehead atoms. The zero-order chi connectivity index (χ0) is 13.2. The van der Waals surface area contributed by atoms with Gasteiger partial charge in [0, 0.05) is 11.3 Å². The molecule has 2 unspecified atom stereocenters. The van der Waals surface area contributed by atoms with Crippen molar-refractivity contribution >= 4 is 49.1 Å². The molecular weight excluding hydrogens is 354 g/mol. The maximum Gasteiger partial charge on any atom is 0.250 e. The van der Waals surface area contributed by atoms with E-state index in [2.05, 4.69) is 26.9 Å². The quantitative estimate of drug-likeness (QED) is 0.883. The third kappa shape index (κ3) is 3.50. The van der Waals surface area contributed by atoms with E-state index in [1.54, 1.807) is 23.9 Å². The van der Waals surface area contributed by atoms with Gasteiger partial charge < -0.3 is 0 Å². The van der Waals surface area contributed by atoms with Crippen LogP contribution >= 0.6 is 39.0 Å². The minimum Gasteiger partial charge on any atom is -0.206 e. The van der Waals surface area contributed by atoms with Crippen molar-refractivity contribution in [2.75, 3.05) is 6.26 Å². The molecule has 1 aromatic rings. The number of hydrogen-bond donors (Lipinski definition) is 1. The van der Waals surface area contributed by atoms with Crippen LogP contribution in [0.15, 0.2) is 20.1 Å². The minimum atomic E-state index is -3.36.